The highest BCUT2D eigenvalue weighted by atomic mass is 16.5. The number of aromatic nitrogens is 1. The number of benzene rings is 1. The zero-order chi connectivity index (χ0) is 19.2. The van der Waals surface area contributed by atoms with Crippen molar-refractivity contribution in [3.63, 3.8) is 0 Å². The number of ether oxygens (including phenoxy) is 2. The van der Waals surface area contributed by atoms with Crippen LogP contribution in [0.2, 0.25) is 0 Å². The lowest BCUT2D eigenvalue weighted by atomic mass is 10.1. The van der Waals surface area contributed by atoms with Gasteiger partial charge in [-0.3, -0.25) is 0 Å². The topological polar surface area (TPSA) is 71.9 Å². The summed E-state index contributed by atoms with van der Waals surface area (Å²) in [5.41, 5.74) is 1.86. The number of methoxy groups -OCH3 is 1. The van der Waals surface area contributed by atoms with E-state index in [1.807, 2.05) is 36.2 Å². The second-order valence-corrected chi connectivity index (χ2v) is 6.80. The summed E-state index contributed by atoms with van der Waals surface area (Å²) in [6.45, 7) is 1.52. The third-order valence-electron chi connectivity index (χ3n) is 4.91. The fraction of sp³-hybridized carbons (Fsp3) is 0.429. The molecule has 2 aromatic rings. The molecule has 1 N–H and O–H groups in total. The fourth-order valence-corrected chi connectivity index (χ4v) is 3.31. The van der Waals surface area contributed by atoms with Crippen molar-refractivity contribution in [3.05, 3.63) is 42.0 Å². The lowest BCUT2D eigenvalue weighted by Gasteiger charge is -2.26. The summed E-state index contributed by atoms with van der Waals surface area (Å²) in [4.78, 5) is 18.2. The van der Waals surface area contributed by atoms with Gasteiger partial charge in [-0.2, -0.15) is 0 Å². The smallest absolute Gasteiger partial charge is 0.339 e. The van der Waals surface area contributed by atoms with E-state index in [4.69, 9.17) is 9.47 Å². The van der Waals surface area contributed by atoms with Crippen LogP contribution in [0, 0.1) is 0 Å². The number of anilines is 1. The van der Waals surface area contributed by atoms with E-state index in [2.05, 4.69) is 4.98 Å². The third-order valence-corrected chi connectivity index (χ3v) is 4.91. The van der Waals surface area contributed by atoms with Crippen LogP contribution in [0.3, 0.4) is 0 Å². The SMILES string of the molecule is COc1ccc(-c2ccc(C(=O)O)c(N(C)CCC3CCCCO3)n2)cc1. The molecule has 0 bridgehead atoms. The van der Waals surface area contributed by atoms with Crippen molar-refractivity contribution in [2.75, 3.05) is 32.2 Å². The molecule has 2 heterocycles. The molecule has 0 saturated carbocycles. The molecule has 1 aliphatic rings. The molecule has 0 amide bonds. The first-order valence-electron chi connectivity index (χ1n) is 9.30. The van der Waals surface area contributed by atoms with E-state index < -0.39 is 5.97 Å². The van der Waals surface area contributed by atoms with Gasteiger partial charge >= 0.3 is 5.97 Å². The normalized spacial score (nSPS) is 16.7. The summed E-state index contributed by atoms with van der Waals surface area (Å²) < 4.78 is 11.0. The van der Waals surface area contributed by atoms with Gasteiger partial charge < -0.3 is 19.5 Å². The maximum Gasteiger partial charge on any atom is 0.339 e. The average molecular weight is 370 g/mol. The number of carbonyl (C=O) groups is 1. The van der Waals surface area contributed by atoms with E-state index in [9.17, 15) is 9.90 Å². The number of carboxylic acid groups (broad SMARTS) is 1. The predicted octanol–water partition coefficient (Wildman–Crippen LogP) is 3.85. The Labute approximate surface area is 159 Å². The number of aromatic carboxylic acids is 1. The molecule has 1 saturated heterocycles. The highest BCUT2D eigenvalue weighted by Crippen LogP contribution is 2.26. The van der Waals surface area contributed by atoms with Gasteiger partial charge in [0, 0.05) is 25.8 Å². The van der Waals surface area contributed by atoms with Gasteiger partial charge in [-0.1, -0.05) is 0 Å². The second kappa shape index (κ2) is 8.86. The van der Waals surface area contributed by atoms with Crippen LogP contribution >= 0.6 is 0 Å². The molecule has 0 spiro atoms. The van der Waals surface area contributed by atoms with Crippen LogP contribution in [0.5, 0.6) is 5.75 Å². The lowest BCUT2D eigenvalue weighted by Crippen LogP contribution is -2.28. The molecule has 0 aliphatic carbocycles. The summed E-state index contributed by atoms with van der Waals surface area (Å²) in [5.74, 6) is 0.275. The maximum atomic E-state index is 11.7. The third kappa shape index (κ3) is 4.77. The number of hydrogen-bond acceptors (Lipinski definition) is 5. The second-order valence-electron chi connectivity index (χ2n) is 6.80. The number of pyridine rings is 1. The minimum atomic E-state index is -0.973. The van der Waals surface area contributed by atoms with E-state index in [0.717, 1.165) is 42.9 Å². The van der Waals surface area contributed by atoms with Crippen molar-refractivity contribution in [1.82, 2.24) is 4.98 Å². The molecule has 144 valence electrons. The van der Waals surface area contributed by atoms with Crippen LogP contribution in [-0.2, 0) is 4.74 Å². The maximum absolute atomic E-state index is 11.7. The van der Waals surface area contributed by atoms with Crippen molar-refractivity contribution < 1.29 is 19.4 Å². The molecule has 27 heavy (non-hydrogen) atoms. The molecular formula is C21H26N2O4. The van der Waals surface area contributed by atoms with Crippen LogP contribution in [0.25, 0.3) is 11.3 Å². The number of hydrogen-bond donors (Lipinski definition) is 1. The summed E-state index contributed by atoms with van der Waals surface area (Å²) in [6.07, 6.45) is 4.50. The van der Waals surface area contributed by atoms with E-state index in [1.54, 1.807) is 19.2 Å². The Bertz CT molecular complexity index is 770. The Balaban J connectivity index is 1.80. The largest absolute Gasteiger partial charge is 0.497 e. The molecule has 1 aromatic carbocycles. The van der Waals surface area contributed by atoms with Crippen LogP contribution in [-0.4, -0.2) is 49.5 Å². The zero-order valence-electron chi connectivity index (χ0n) is 15.9. The summed E-state index contributed by atoms with van der Waals surface area (Å²) in [7, 11) is 3.51. The van der Waals surface area contributed by atoms with Gasteiger partial charge in [-0.15, -0.1) is 0 Å². The fourth-order valence-electron chi connectivity index (χ4n) is 3.31. The Kier molecular flexibility index (Phi) is 6.29. The molecule has 0 radical (unpaired) electrons. The van der Waals surface area contributed by atoms with Gasteiger partial charge in [-0.25, -0.2) is 9.78 Å². The quantitative estimate of drug-likeness (QED) is 0.798. The van der Waals surface area contributed by atoms with Crippen molar-refractivity contribution in [1.29, 1.82) is 0 Å². The van der Waals surface area contributed by atoms with Crippen molar-refractivity contribution in [2.24, 2.45) is 0 Å². The minimum absolute atomic E-state index is 0.208. The molecule has 6 heteroatoms. The Hall–Kier alpha value is -2.60. The van der Waals surface area contributed by atoms with E-state index in [1.165, 1.54) is 6.42 Å². The first-order chi connectivity index (χ1) is 13.1. The van der Waals surface area contributed by atoms with Crippen molar-refractivity contribution in [2.45, 2.75) is 31.8 Å². The Morgan fingerprint density at radius 2 is 2.04 bits per heavy atom. The van der Waals surface area contributed by atoms with Crippen molar-refractivity contribution in [3.8, 4) is 17.0 Å². The lowest BCUT2D eigenvalue weighted by molar-refractivity contribution is 0.0126. The standard InChI is InChI=1S/C21H26N2O4/c1-23(13-12-17-5-3-4-14-27-17)20-18(21(24)25)10-11-19(22-20)15-6-8-16(26-2)9-7-15/h6-11,17H,3-5,12-14H2,1-2H3,(H,24,25). The van der Waals surface area contributed by atoms with Crippen LogP contribution < -0.4 is 9.64 Å². The van der Waals surface area contributed by atoms with Gasteiger partial charge in [0.1, 0.15) is 17.1 Å². The molecule has 1 atom stereocenters. The number of carboxylic acids is 1. The highest BCUT2D eigenvalue weighted by Gasteiger charge is 2.19. The first kappa shape index (κ1) is 19.2. The van der Waals surface area contributed by atoms with Crippen LogP contribution in [0.15, 0.2) is 36.4 Å². The van der Waals surface area contributed by atoms with Gasteiger partial charge in [-0.05, 0) is 62.1 Å². The summed E-state index contributed by atoms with van der Waals surface area (Å²) in [5, 5.41) is 9.55. The van der Waals surface area contributed by atoms with Gasteiger partial charge in [0.2, 0.25) is 0 Å². The Morgan fingerprint density at radius 3 is 2.67 bits per heavy atom. The molecule has 6 nitrogen and oxygen atoms in total. The van der Waals surface area contributed by atoms with Gasteiger partial charge in [0.05, 0.1) is 18.9 Å². The van der Waals surface area contributed by atoms with Gasteiger partial charge in [0.15, 0.2) is 0 Å². The molecule has 3 rings (SSSR count). The first-order valence-corrected chi connectivity index (χ1v) is 9.30. The van der Waals surface area contributed by atoms with Crippen molar-refractivity contribution >= 4 is 11.8 Å². The summed E-state index contributed by atoms with van der Waals surface area (Å²) in [6, 6.07) is 10.9. The van der Waals surface area contributed by atoms with E-state index in [-0.39, 0.29) is 11.7 Å². The monoisotopic (exact) mass is 370 g/mol. The Morgan fingerprint density at radius 1 is 1.26 bits per heavy atom. The average Bonchev–Trinajstić information content (AvgIpc) is 2.72. The summed E-state index contributed by atoms with van der Waals surface area (Å²) >= 11 is 0. The van der Waals surface area contributed by atoms with E-state index in [0.29, 0.717) is 12.4 Å². The molecule has 1 aromatic heterocycles. The number of rotatable bonds is 7. The van der Waals surface area contributed by atoms with E-state index >= 15 is 0 Å². The number of nitrogens with zero attached hydrogens (tertiary/aromatic N) is 2. The molecular weight excluding hydrogens is 344 g/mol. The highest BCUT2D eigenvalue weighted by molar-refractivity contribution is 5.94. The molecule has 1 aliphatic heterocycles. The minimum Gasteiger partial charge on any atom is -0.497 e. The zero-order valence-corrected chi connectivity index (χ0v) is 15.9. The van der Waals surface area contributed by atoms with Crippen LogP contribution in [0.4, 0.5) is 5.82 Å². The van der Waals surface area contributed by atoms with Gasteiger partial charge in [0.25, 0.3) is 0 Å². The predicted molar refractivity (Wildman–Crippen MR) is 105 cm³/mol. The molecule has 1 unspecified atom stereocenters. The van der Waals surface area contributed by atoms with Crippen LogP contribution in [0.1, 0.15) is 36.0 Å². The molecule has 1 fully saturated rings.